The fraction of sp³-hybridized carbons (Fsp3) is 0.368. The number of hydrogen-bond acceptors (Lipinski definition) is 5. The number of ether oxygens (including phenoxy) is 3. The van der Waals surface area contributed by atoms with Gasteiger partial charge in [-0.15, -0.1) is 0 Å². The van der Waals surface area contributed by atoms with E-state index in [0.717, 1.165) is 5.56 Å². The number of hydrogen-bond donors (Lipinski definition) is 0. The zero-order chi connectivity index (χ0) is 18.7. The van der Waals surface area contributed by atoms with E-state index in [1.807, 2.05) is 19.1 Å². The van der Waals surface area contributed by atoms with Crippen molar-refractivity contribution < 1.29 is 22.6 Å². The Bertz CT molecular complexity index is 849. The standard InChI is InChI=1S/C19H23NO5S/c1-14(15-9-10-18(23-2)19(11-15)24-3)20(12-16-13-25-16)26(21,22)17-7-5-4-6-8-17/h4-11,14,16H,12-13H2,1-3H3. The summed E-state index contributed by atoms with van der Waals surface area (Å²) in [5, 5.41) is 0. The molecular weight excluding hydrogens is 354 g/mol. The molecule has 0 bridgehead atoms. The molecule has 6 nitrogen and oxygen atoms in total. The topological polar surface area (TPSA) is 68.4 Å². The molecule has 1 heterocycles. The highest BCUT2D eigenvalue weighted by Gasteiger charge is 2.36. The van der Waals surface area contributed by atoms with Crippen LogP contribution in [0.5, 0.6) is 11.5 Å². The predicted octanol–water partition coefficient (Wildman–Crippen LogP) is 2.85. The van der Waals surface area contributed by atoms with Gasteiger partial charge in [0.15, 0.2) is 11.5 Å². The Morgan fingerprint density at radius 2 is 1.77 bits per heavy atom. The molecule has 0 N–H and O–H groups in total. The molecule has 26 heavy (non-hydrogen) atoms. The SMILES string of the molecule is COc1ccc(C(C)N(CC2CO2)S(=O)(=O)c2ccccc2)cc1OC. The molecule has 2 aromatic carbocycles. The minimum atomic E-state index is -3.66. The molecule has 2 atom stereocenters. The smallest absolute Gasteiger partial charge is 0.243 e. The Morgan fingerprint density at radius 1 is 1.12 bits per heavy atom. The lowest BCUT2D eigenvalue weighted by atomic mass is 10.1. The van der Waals surface area contributed by atoms with Crippen LogP contribution in [0.1, 0.15) is 18.5 Å². The zero-order valence-corrected chi connectivity index (χ0v) is 15.9. The molecule has 0 amide bonds. The van der Waals surface area contributed by atoms with Crippen LogP contribution in [0.15, 0.2) is 53.4 Å². The molecule has 1 aliphatic rings. The summed E-state index contributed by atoms with van der Waals surface area (Å²) in [4.78, 5) is 0.271. The molecular formula is C19H23NO5S. The molecule has 1 fully saturated rings. The van der Waals surface area contributed by atoms with Crippen LogP contribution < -0.4 is 9.47 Å². The Kier molecular flexibility index (Phi) is 5.50. The summed E-state index contributed by atoms with van der Waals surface area (Å²) >= 11 is 0. The summed E-state index contributed by atoms with van der Waals surface area (Å²) in [6, 6.07) is 13.5. The predicted molar refractivity (Wildman–Crippen MR) is 98.0 cm³/mol. The lowest BCUT2D eigenvalue weighted by Gasteiger charge is -2.28. The monoisotopic (exact) mass is 377 g/mol. The molecule has 0 aromatic heterocycles. The van der Waals surface area contributed by atoms with Gasteiger partial charge in [0.05, 0.1) is 31.8 Å². The van der Waals surface area contributed by atoms with Gasteiger partial charge in [0.25, 0.3) is 0 Å². The van der Waals surface area contributed by atoms with Crippen LogP contribution in [-0.4, -0.2) is 46.2 Å². The van der Waals surface area contributed by atoms with Gasteiger partial charge in [-0.2, -0.15) is 4.31 Å². The van der Waals surface area contributed by atoms with E-state index in [9.17, 15) is 8.42 Å². The number of nitrogens with zero attached hydrogens (tertiary/aromatic N) is 1. The van der Waals surface area contributed by atoms with Gasteiger partial charge in [-0.25, -0.2) is 8.42 Å². The van der Waals surface area contributed by atoms with E-state index < -0.39 is 10.0 Å². The Morgan fingerprint density at radius 3 is 2.35 bits per heavy atom. The van der Waals surface area contributed by atoms with Gasteiger partial charge in [0, 0.05) is 12.6 Å². The molecule has 0 spiro atoms. The van der Waals surface area contributed by atoms with Gasteiger partial charge in [-0.05, 0) is 36.8 Å². The van der Waals surface area contributed by atoms with Crippen molar-refractivity contribution in [2.75, 3.05) is 27.4 Å². The maximum Gasteiger partial charge on any atom is 0.243 e. The summed E-state index contributed by atoms with van der Waals surface area (Å²) < 4.78 is 43.8. The Hall–Kier alpha value is -2.09. The van der Waals surface area contributed by atoms with Crippen LogP contribution in [0.3, 0.4) is 0 Å². The van der Waals surface area contributed by atoms with Crippen molar-refractivity contribution in [3.63, 3.8) is 0 Å². The summed E-state index contributed by atoms with van der Waals surface area (Å²) in [6.07, 6.45) is -0.0592. The number of epoxide rings is 1. The van der Waals surface area contributed by atoms with Crippen molar-refractivity contribution in [3.05, 3.63) is 54.1 Å². The molecule has 2 unspecified atom stereocenters. The lowest BCUT2D eigenvalue weighted by molar-refractivity contribution is 0.294. The van der Waals surface area contributed by atoms with E-state index in [1.165, 1.54) is 4.31 Å². The molecule has 0 radical (unpaired) electrons. The normalized spacial score (nSPS) is 17.8. The second kappa shape index (κ2) is 7.65. The van der Waals surface area contributed by atoms with Crippen molar-refractivity contribution >= 4 is 10.0 Å². The minimum Gasteiger partial charge on any atom is -0.493 e. The van der Waals surface area contributed by atoms with Gasteiger partial charge in [-0.1, -0.05) is 24.3 Å². The first kappa shape index (κ1) is 18.7. The first-order valence-electron chi connectivity index (χ1n) is 8.37. The number of sulfonamides is 1. The van der Waals surface area contributed by atoms with Crippen molar-refractivity contribution in [1.29, 1.82) is 0 Å². The molecule has 3 rings (SSSR count). The van der Waals surface area contributed by atoms with Crippen molar-refractivity contribution in [1.82, 2.24) is 4.31 Å². The highest BCUT2D eigenvalue weighted by molar-refractivity contribution is 7.89. The summed E-state index contributed by atoms with van der Waals surface area (Å²) in [7, 11) is -0.532. The van der Waals surface area contributed by atoms with E-state index in [2.05, 4.69) is 0 Å². The third kappa shape index (κ3) is 3.85. The van der Waals surface area contributed by atoms with Crippen LogP contribution in [-0.2, 0) is 14.8 Å². The summed E-state index contributed by atoms with van der Waals surface area (Å²) in [6.45, 7) is 2.76. The number of methoxy groups -OCH3 is 2. The van der Waals surface area contributed by atoms with Crippen LogP contribution in [0.4, 0.5) is 0 Å². The molecule has 2 aromatic rings. The van der Waals surface area contributed by atoms with Crippen molar-refractivity contribution in [3.8, 4) is 11.5 Å². The van der Waals surface area contributed by atoms with Crippen LogP contribution in [0.25, 0.3) is 0 Å². The Labute approximate surface area is 154 Å². The quantitative estimate of drug-likeness (QED) is 0.662. The van der Waals surface area contributed by atoms with Crippen LogP contribution in [0, 0.1) is 0 Å². The number of benzene rings is 2. The first-order chi connectivity index (χ1) is 12.5. The third-order valence-corrected chi connectivity index (χ3v) is 6.41. The van der Waals surface area contributed by atoms with Crippen LogP contribution >= 0.6 is 0 Å². The van der Waals surface area contributed by atoms with Crippen molar-refractivity contribution in [2.24, 2.45) is 0 Å². The van der Waals surface area contributed by atoms with Gasteiger partial charge in [0.2, 0.25) is 10.0 Å². The maximum absolute atomic E-state index is 13.2. The second-order valence-corrected chi connectivity index (χ2v) is 8.02. The molecule has 1 aliphatic heterocycles. The molecule has 0 aliphatic carbocycles. The van der Waals surface area contributed by atoms with E-state index in [1.54, 1.807) is 50.6 Å². The molecule has 140 valence electrons. The van der Waals surface area contributed by atoms with Gasteiger partial charge < -0.3 is 14.2 Å². The van der Waals surface area contributed by atoms with E-state index in [0.29, 0.717) is 24.7 Å². The molecule has 1 saturated heterocycles. The van der Waals surface area contributed by atoms with Crippen molar-refractivity contribution in [2.45, 2.75) is 24.0 Å². The number of rotatable bonds is 8. The largest absolute Gasteiger partial charge is 0.493 e. The molecule has 7 heteroatoms. The highest BCUT2D eigenvalue weighted by Crippen LogP contribution is 2.34. The van der Waals surface area contributed by atoms with Gasteiger partial charge >= 0.3 is 0 Å². The fourth-order valence-corrected chi connectivity index (χ4v) is 4.52. The van der Waals surface area contributed by atoms with E-state index in [-0.39, 0.29) is 17.0 Å². The van der Waals surface area contributed by atoms with Gasteiger partial charge in [0.1, 0.15) is 0 Å². The fourth-order valence-electron chi connectivity index (χ4n) is 2.85. The Balaban J connectivity index is 1.97. The highest BCUT2D eigenvalue weighted by atomic mass is 32.2. The van der Waals surface area contributed by atoms with Gasteiger partial charge in [-0.3, -0.25) is 0 Å². The lowest BCUT2D eigenvalue weighted by Crippen LogP contribution is -2.36. The average Bonchev–Trinajstić information content (AvgIpc) is 3.49. The van der Waals surface area contributed by atoms with E-state index >= 15 is 0 Å². The minimum absolute atomic E-state index is 0.0592. The third-order valence-electron chi connectivity index (χ3n) is 4.46. The van der Waals surface area contributed by atoms with Crippen LogP contribution in [0.2, 0.25) is 0 Å². The summed E-state index contributed by atoms with van der Waals surface area (Å²) in [5.41, 5.74) is 0.822. The van der Waals surface area contributed by atoms with E-state index in [4.69, 9.17) is 14.2 Å². The first-order valence-corrected chi connectivity index (χ1v) is 9.81. The summed E-state index contributed by atoms with van der Waals surface area (Å²) in [5.74, 6) is 1.17. The maximum atomic E-state index is 13.2. The molecule has 0 saturated carbocycles. The average molecular weight is 377 g/mol. The zero-order valence-electron chi connectivity index (χ0n) is 15.1. The second-order valence-electron chi connectivity index (χ2n) is 6.13.